The average Bonchev–Trinajstić information content (AvgIpc) is 2.09. The van der Waals surface area contributed by atoms with Gasteiger partial charge in [0.25, 0.3) is 0 Å². The van der Waals surface area contributed by atoms with Crippen molar-refractivity contribution in [2.45, 2.75) is 19.8 Å². The van der Waals surface area contributed by atoms with Gasteiger partial charge in [0, 0.05) is 25.6 Å². The largest absolute Gasteiger partial charge is 0.385 e. The summed E-state index contributed by atoms with van der Waals surface area (Å²) in [5.41, 5.74) is 2.36. The first-order valence-electron chi connectivity index (χ1n) is 4.23. The Hall–Kier alpha value is -0.890. The van der Waals surface area contributed by atoms with Gasteiger partial charge in [0.15, 0.2) is 0 Å². The topological polar surface area (TPSA) is 22.1 Å². The summed E-state index contributed by atoms with van der Waals surface area (Å²) < 4.78 is 4.96. The molecule has 0 aliphatic heterocycles. The van der Waals surface area contributed by atoms with E-state index >= 15 is 0 Å². The van der Waals surface area contributed by atoms with Crippen LogP contribution in [0, 0.1) is 6.92 Å². The van der Waals surface area contributed by atoms with Crippen molar-refractivity contribution in [2.24, 2.45) is 0 Å². The fourth-order valence-corrected chi connectivity index (χ4v) is 1.04. The minimum absolute atomic E-state index is 0.815. The van der Waals surface area contributed by atoms with Gasteiger partial charge in [0.1, 0.15) is 0 Å². The van der Waals surface area contributed by atoms with E-state index < -0.39 is 0 Å². The van der Waals surface area contributed by atoms with Crippen LogP contribution >= 0.6 is 0 Å². The molecule has 0 amide bonds. The van der Waals surface area contributed by atoms with Crippen LogP contribution in [0.4, 0.5) is 0 Å². The highest BCUT2D eigenvalue weighted by Crippen LogP contribution is 2.01. The molecule has 1 aromatic rings. The fourth-order valence-electron chi connectivity index (χ4n) is 1.04. The number of hydrogen-bond acceptors (Lipinski definition) is 2. The lowest BCUT2D eigenvalue weighted by Gasteiger charge is -1.99. The van der Waals surface area contributed by atoms with Crippen LogP contribution < -0.4 is 0 Å². The van der Waals surface area contributed by atoms with E-state index in [0.717, 1.165) is 25.1 Å². The van der Waals surface area contributed by atoms with Gasteiger partial charge < -0.3 is 4.74 Å². The van der Waals surface area contributed by atoms with Gasteiger partial charge in [-0.1, -0.05) is 6.07 Å². The molecule has 2 nitrogen and oxygen atoms in total. The molecule has 0 fully saturated rings. The quantitative estimate of drug-likeness (QED) is 0.636. The van der Waals surface area contributed by atoms with Crippen molar-refractivity contribution in [3.8, 4) is 0 Å². The van der Waals surface area contributed by atoms with Gasteiger partial charge in [0.2, 0.25) is 0 Å². The van der Waals surface area contributed by atoms with Crippen LogP contribution in [-0.2, 0) is 11.2 Å². The third kappa shape index (κ3) is 3.01. The molecule has 1 heterocycles. The molecule has 1 rings (SSSR count). The maximum absolute atomic E-state index is 4.96. The highest BCUT2D eigenvalue weighted by atomic mass is 16.5. The Morgan fingerprint density at radius 1 is 1.42 bits per heavy atom. The van der Waals surface area contributed by atoms with Crippen molar-refractivity contribution < 1.29 is 4.74 Å². The molecule has 0 saturated carbocycles. The highest BCUT2D eigenvalue weighted by molar-refractivity contribution is 5.12. The molecule has 0 radical (unpaired) electrons. The fraction of sp³-hybridized carbons (Fsp3) is 0.500. The minimum Gasteiger partial charge on any atom is -0.385 e. The van der Waals surface area contributed by atoms with Crippen molar-refractivity contribution in [1.82, 2.24) is 4.98 Å². The molecule has 0 aliphatic rings. The number of aromatic nitrogens is 1. The van der Waals surface area contributed by atoms with Gasteiger partial charge in [-0.25, -0.2) is 0 Å². The van der Waals surface area contributed by atoms with E-state index in [1.54, 1.807) is 7.11 Å². The molecule has 0 N–H and O–H groups in total. The minimum atomic E-state index is 0.815. The summed E-state index contributed by atoms with van der Waals surface area (Å²) >= 11 is 0. The zero-order valence-electron chi connectivity index (χ0n) is 7.71. The molecule has 2 heteroatoms. The predicted molar refractivity (Wildman–Crippen MR) is 49.2 cm³/mol. The summed E-state index contributed by atoms with van der Waals surface area (Å²) in [4.78, 5) is 4.29. The Labute approximate surface area is 73.6 Å². The summed E-state index contributed by atoms with van der Waals surface area (Å²) in [6.45, 7) is 2.86. The summed E-state index contributed by atoms with van der Waals surface area (Å²) in [7, 11) is 1.72. The second kappa shape index (κ2) is 4.88. The molecule has 12 heavy (non-hydrogen) atoms. The Kier molecular flexibility index (Phi) is 3.74. The highest BCUT2D eigenvalue weighted by Gasteiger charge is 1.93. The zero-order valence-corrected chi connectivity index (χ0v) is 7.71. The molecule has 0 unspecified atom stereocenters. The first-order valence-corrected chi connectivity index (χ1v) is 4.23. The third-order valence-corrected chi connectivity index (χ3v) is 1.75. The smallest absolute Gasteiger partial charge is 0.0466 e. The van der Waals surface area contributed by atoms with Gasteiger partial charge in [-0.3, -0.25) is 4.98 Å². The van der Waals surface area contributed by atoms with E-state index in [0.29, 0.717) is 0 Å². The van der Waals surface area contributed by atoms with E-state index in [-0.39, 0.29) is 0 Å². The number of pyridine rings is 1. The second-order valence-electron chi connectivity index (χ2n) is 2.92. The zero-order chi connectivity index (χ0) is 8.81. The van der Waals surface area contributed by atoms with Gasteiger partial charge in [0.05, 0.1) is 0 Å². The van der Waals surface area contributed by atoms with Crippen molar-refractivity contribution in [1.29, 1.82) is 0 Å². The average molecular weight is 165 g/mol. The molecule has 0 aromatic carbocycles. The molecule has 1 aromatic heterocycles. The Morgan fingerprint density at radius 2 is 2.25 bits per heavy atom. The molecule has 0 aliphatic carbocycles. The SMILES string of the molecule is COCCCc1ccc(C)cn1. The number of nitrogens with zero attached hydrogens (tertiary/aromatic N) is 1. The number of hydrogen-bond donors (Lipinski definition) is 0. The van der Waals surface area contributed by atoms with Gasteiger partial charge in [-0.05, 0) is 31.4 Å². The van der Waals surface area contributed by atoms with Gasteiger partial charge >= 0.3 is 0 Å². The van der Waals surface area contributed by atoms with Crippen molar-refractivity contribution in [2.75, 3.05) is 13.7 Å². The molecular formula is C10H15NO. The second-order valence-corrected chi connectivity index (χ2v) is 2.92. The maximum atomic E-state index is 4.96. The first-order chi connectivity index (χ1) is 5.83. The van der Waals surface area contributed by atoms with Crippen molar-refractivity contribution in [3.05, 3.63) is 29.6 Å². The Morgan fingerprint density at radius 3 is 2.83 bits per heavy atom. The lowest BCUT2D eigenvalue weighted by Crippen LogP contribution is -1.94. The monoisotopic (exact) mass is 165 g/mol. The predicted octanol–water partition coefficient (Wildman–Crippen LogP) is 1.97. The first kappa shape index (κ1) is 9.20. The number of aryl methyl sites for hydroxylation is 2. The molecule has 66 valence electrons. The molecule has 0 saturated heterocycles. The van der Waals surface area contributed by atoms with Crippen LogP contribution in [0.15, 0.2) is 18.3 Å². The summed E-state index contributed by atoms with van der Waals surface area (Å²) in [5, 5.41) is 0. The number of rotatable bonds is 4. The molecule has 0 bridgehead atoms. The summed E-state index contributed by atoms with van der Waals surface area (Å²) in [5.74, 6) is 0. The molecule has 0 atom stereocenters. The van der Waals surface area contributed by atoms with Crippen LogP contribution in [0.2, 0.25) is 0 Å². The van der Waals surface area contributed by atoms with E-state index in [4.69, 9.17) is 4.74 Å². The maximum Gasteiger partial charge on any atom is 0.0466 e. The van der Waals surface area contributed by atoms with E-state index in [1.165, 1.54) is 5.56 Å². The normalized spacial score (nSPS) is 10.2. The summed E-state index contributed by atoms with van der Waals surface area (Å²) in [6.07, 6.45) is 3.96. The number of ether oxygens (including phenoxy) is 1. The number of methoxy groups -OCH3 is 1. The Bertz CT molecular complexity index is 218. The van der Waals surface area contributed by atoms with E-state index in [1.807, 2.05) is 13.1 Å². The van der Waals surface area contributed by atoms with Crippen LogP contribution in [0.25, 0.3) is 0 Å². The van der Waals surface area contributed by atoms with Crippen LogP contribution in [0.1, 0.15) is 17.7 Å². The van der Waals surface area contributed by atoms with Gasteiger partial charge in [-0.2, -0.15) is 0 Å². The van der Waals surface area contributed by atoms with Crippen LogP contribution in [0.5, 0.6) is 0 Å². The van der Waals surface area contributed by atoms with Gasteiger partial charge in [-0.15, -0.1) is 0 Å². The molecular weight excluding hydrogens is 150 g/mol. The van der Waals surface area contributed by atoms with E-state index in [9.17, 15) is 0 Å². The summed E-state index contributed by atoms with van der Waals surface area (Å²) in [6, 6.07) is 4.17. The van der Waals surface area contributed by atoms with Crippen LogP contribution in [-0.4, -0.2) is 18.7 Å². The lowest BCUT2D eigenvalue weighted by molar-refractivity contribution is 0.195. The standard InChI is InChI=1S/C10H15NO/c1-9-5-6-10(11-8-9)4-3-7-12-2/h5-6,8H,3-4,7H2,1-2H3. The Balaban J connectivity index is 2.37. The third-order valence-electron chi connectivity index (χ3n) is 1.75. The van der Waals surface area contributed by atoms with E-state index in [2.05, 4.69) is 17.1 Å². The van der Waals surface area contributed by atoms with Crippen LogP contribution in [0.3, 0.4) is 0 Å². The van der Waals surface area contributed by atoms with Crippen molar-refractivity contribution >= 4 is 0 Å². The van der Waals surface area contributed by atoms with Crippen molar-refractivity contribution in [3.63, 3.8) is 0 Å². The lowest BCUT2D eigenvalue weighted by atomic mass is 10.2. The molecule has 0 spiro atoms.